The molecule has 19 heavy (non-hydrogen) atoms. The normalized spacial score (nSPS) is 18.4. The van der Waals surface area contributed by atoms with Gasteiger partial charge in [0.1, 0.15) is 11.5 Å². The third-order valence-electron chi connectivity index (χ3n) is 3.68. The van der Waals surface area contributed by atoms with Crippen molar-refractivity contribution in [1.29, 1.82) is 0 Å². The molecule has 1 aromatic carbocycles. The van der Waals surface area contributed by atoms with Crippen LogP contribution in [0, 0.1) is 21.7 Å². The predicted molar refractivity (Wildman–Crippen MR) is 72.3 cm³/mol. The van der Waals surface area contributed by atoms with Crippen molar-refractivity contribution >= 4 is 19.4 Å². The Morgan fingerprint density at radius 3 is 2.37 bits per heavy atom. The van der Waals surface area contributed by atoms with Crippen LogP contribution in [0.15, 0.2) is 12.1 Å². The van der Waals surface area contributed by atoms with Crippen molar-refractivity contribution in [3.8, 4) is 0 Å². The number of nitro groups is 1. The zero-order valence-corrected chi connectivity index (χ0v) is 11.9. The van der Waals surface area contributed by atoms with Gasteiger partial charge in [-0.25, -0.2) is 4.39 Å². The van der Waals surface area contributed by atoms with E-state index >= 15 is 0 Å². The Morgan fingerprint density at radius 2 is 1.84 bits per heavy atom. The first-order valence-electron chi connectivity index (χ1n) is 6.19. The molecule has 4 nitrogen and oxygen atoms in total. The van der Waals surface area contributed by atoms with Gasteiger partial charge in [-0.2, -0.15) is 4.39 Å². The third kappa shape index (κ3) is 2.75. The average Bonchev–Trinajstić information content (AvgIpc) is 2.30. The van der Waals surface area contributed by atoms with E-state index in [-0.39, 0.29) is 5.69 Å². The van der Waals surface area contributed by atoms with E-state index in [1.54, 1.807) is 4.90 Å². The summed E-state index contributed by atoms with van der Waals surface area (Å²) in [5, 5.41) is 10.7. The molecule has 1 aliphatic heterocycles. The number of benzene rings is 1. The molecule has 0 aromatic heterocycles. The molecule has 1 aliphatic rings. The van der Waals surface area contributed by atoms with Crippen LogP contribution in [0.25, 0.3) is 0 Å². The molecule has 1 fully saturated rings. The molecule has 1 saturated heterocycles. The van der Waals surface area contributed by atoms with Crippen molar-refractivity contribution in [2.45, 2.75) is 25.2 Å². The van der Waals surface area contributed by atoms with E-state index in [0.29, 0.717) is 13.1 Å². The maximum absolute atomic E-state index is 14.0. The number of hydrogen-bond donors (Lipinski definition) is 0. The van der Waals surface area contributed by atoms with Crippen molar-refractivity contribution in [1.82, 2.24) is 0 Å². The van der Waals surface area contributed by atoms with Gasteiger partial charge < -0.3 is 4.90 Å². The predicted octanol–water partition coefficient (Wildman–Crippen LogP) is 3.40. The molecule has 2 rings (SSSR count). The fraction of sp³-hybridized carbons (Fsp3) is 0.500. The Hall–Kier alpha value is -1.50. The van der Waals surface area contributed by atoms with E-state index in [0.717, 1.165) is 24.2 Å². The van der Waals surface area contributed by atoms with Gasteiger partial charge in [-0.1, -0.05) is 13.1 Å². The van der Waals surface area contributed by atoms with Crippen LogP contribution >= 0.6 is 0 Å². The Balaban J connectivity index is 2.35. The van der Waals surface area contributed by atoms with Gasteiger partial charge in [-0.3, -0.25) is 10.1 Å². The summed E-state index contributed by atoms with van der Waals surface area (Å²) >= 11 is 0. The molecule has 0 atom stereocenters. The fourth-order valence-corrected chi connectivity index (χ4v) is 4.30. The van der Waals surface area contributed by atoms with Crippen molar-refractivity contribution in [2.24, 2.45) is 0 Å². The third-order valence-corrected chi connectivity index (χ3v) is 6.83. The summed E-state index contributed by atoms with van der Waals surface area (Å²) in [7, 11) is -1.26. The molecule has 1 heterocycles. The van der Waals surface area contributed by atoms with Crippen LogP contribution in [0.2, 0.25) is 25.2 Å². The summed E-state index contributed by atoms with van der Waals surface area (Å²) in [6, 6.07) is 3.72. The molecule has 1 aromatic rings. The van der Waals surface area contributed by atoms with Crippen LogP contribution in [0.4, 0.5) is 20.2 Å². The summed E-state index contributed by atoms with van der Waals surface area (Å²) in [6.45, 7) is 5.61. The maximum Gasteiger partial charge on any atom is 0.307 e. The topological polar surface area (TPSA) is 46.4 Å². The van der Waals surface area contributed by atoms with E-state index in [1.165, 1.54) is 0 Å². The zero-order valence-electron chi connectivity index (χ0n) is 10.9. The molecule has 0 amide bonds. The lowest BCUT2D eigenvalue weighted by Crippen LogP contribution is -2.43. The van der Waals surface area contributed by atoms with Gasteiger partial charge in [0.25, 0.3) is 0 Å². The van der Waals surface area contributed by atoms with Gasteiger partial charge in [-0.05, 0) is 18.2 Å². The van der Waals surface area contributed by atoms with Crippen molar-refractivity contribution in [3.63, 3.8) is 0 Å². The molecular formula is C12H16F2N2O2Si. The van der Waals surface area contributed by atoms with E-state index in [1.807, 2.05) is 0 Å². The molecule has 0 N–H and O–H groups in total. The van der Waals surface area contributed by atoms with Gasteiger partial charge in [0.05, 0.1) is 13.0 Å². The standard InChI is InChI=1S/C12H16F2N2O2Si/c1-19(2)7-5-15(6-8-19)12-9(13)3-4-10(11(12)14)16(17)18/h3-4H,5-8H2,1-2H3. The van der Waals surface area contributed by atoms with E-state index in [9.17, 15) is 18.9 Å². The van der Waals surface area contributed by atoms with Crippen molar-refractivity contribution in [2.75, 3.05) is 18.0 Å². The largest absolute Gasteiger partial charge is 0.367 e. The summed E-state index contributed by atoms with van der Waals surface area (Å²) in [6.07, 6.45) is 0. The highest BCUT2D eigenvalue weighted by Crippen LogP contribution is 2.33. The molecule has 0 saturated carbocycles. The second kappa shape index (κ2) is 4.88. The highest BCUT2D eigenvalue weighted by molar-refractivity contribution is 6.77. The van der Waals surface area contributed by atoms with Gasteiger partial charge >= 0.3 is 5.69 Å². The van der Waals surface area contributed by atoms with Crippen LogP contribution < -0.4 is 4.90 Å². The lowest BCUT2D eigenvalue weighted by Gasteiger charge is -2.37. The zero-order chi connectivity index (χ0) is 14.2. The number of rotatable bonds is 2. The van der Waals surface area contributed by atoms with E-state index in [4.69, 9.17) is 0 Å². The second-order valence-electron chi connectivity index (χ2n) is 5.64. The monoisotopic (exact) mass is 286 g/mol. The highest BCUT2D eigenvalue weighted by Gasteiger charge is 2.32. The second-order valence-corrected chi connectivity index (χ2v) is 11.0. The molecule has 0 spiro atoms. The first-order valence-corrected chi connectivity index (χ1v) is 9.60. The number of halogens is 2. The summed E-state index contributed by atoms with van der Waals surface area (Å²) in [4.78, 5) is 11.5. The van der Waals surface area contributed by atoms with Crippen LogP contribution in [-0.4, -0.2) is 26.1 Å². The summed E-state index contributed by atoms with van der Waals surface area (Å²) in [5.41, 5.74) is -0.919. The van der Waals surface area contributed by atoms with Crippen LogP contribution in [0.3, 0.4) is 0 Å². The first-order chi connectivity index (χ1) is 8.82. The lowest BCUT2D eigenvalue weighted by molar-refractivity contribution is -0.387. The molecular weight excluding hydrogens is 270 g/mol. The van der Waals surface area contributed by atoms with Gasteiger partial charge in [0, 0.05) is 19.2 Å². The molecule has 7 heteroatoms. The van der Waals surface area contributed by atoms with Gasteiger partial charge in [0.15, 0.2) is 0 Å². The van der Waals surface area contributed by atoms with Crippen LogP contribution in [-0.2, 0) is 0 Å². The van der Waals surface area contributed by atoms with Crippen molar-refractivity contribution in [3.05, 3.63) is 33.9 Å². The van der Waals surface area contributed by atoms with Crippen LogP contribution in [0.1, 0.15) is 0 Å². The number of nitro benzene ring substituents is 1. The fourth-order valence-electron chi connectivity index (χ4n) is 2.30. The number of anilines is 1. The minimum Gasteiger partial charge on any atom is -0.367 e. The molecule has 0 radical (unpaired) electrons. The van der Waals surface area contributed by atoms with Crippen molar-refractivity contribution < 1.29 is 13.7 Å². The number of hydrogen-bond acceptors (Lipinski definition) is 3. The molecule has 0 aliphatic carbocycles. The minimum atomic E-state index is -1.26. The van der Waals surface area contributed by atoms with Gasteiger partial charge in [0.2, 0.25) is 5.82 Å². The quantitative estimate of drug-likeness (QED) is 0.475. The maximum atomic E-state index is 14.0. The summed E-state index contributed by atoms with van der Waals surface area (Å²) in [5.74, 6) is -1.80. The molecule has 0 unspecified atom stereocenters. The molecule has 0 bridgehead atoms. The van der Waals surface area contributed by atoms with Gasteiger partial charge in [-0.15, -0.1) is 0 Å². The van der Waals surface area contributed by atoms with E-state index in [2.05, 4.69) is 13.1 Å². The highest BCUT2D eigenvalue weighted by atomic mass is 28.3. The SMILES string of the molecule is C[Si]1(C)CCN(c2c(F)ccc([N+](=O)[O-])c2F)CC1. The first kappa shape index (κ1) is 13.9. The Labute approximate surface area is 111 Å². The Kier molecular flexibility index (Phi) is 3.57. The Morgan fingerprint density at radius 1 is 1.26 bits per heavy atom. The lowest BCUT2D eigenvalue weighted by atomic mass is 10.2. The van der Waals surface area contributed by atoms with Crippen LogP contribution in [0.5, 0.6) is 0 Å². The average molecular weight is 286 g/mol. The Bertz CT molecular complexity index is 513. The summed E-state index contributed by atoms with van der Waals surface area (Å²) < 4.78 is 27.8. The minimum absolute atomic E-state index is 0.251. The van der Waals surface area contributed by atoms with E-state index < -0.39 is 30.3 Å². The number of nitrogens with zero attached hydrogens (tertiary/aromatic N) is 2. The smallest absolute Gasteiger partial charge is 0.307 e. The molecule has 104 valence electrons.